The van der Waals surface area contributed by atoms with Crippen LogP contribution in [0.2, 0.25) is 0 Å². The zero-order chi connectivity index (χ0) is 19.6. The van der Waals surface area contributed by atoms with Crippen molar-refractivity contribution < 1.29 is 9.47 Å². The van der Waals surface area contributed by atoms with Gasteiger partial charge < -0.3 is 9.47 Å². The van der Waals surface area contributed by atoms with Gasteiger partial charge in [0.1, 0.15) is 11.5 Å². The van der Waals surface area contributed by atoms with Crippen LogP contribution in [0.25, 0.3) is 0 Å². The maximum Gasteiger partial charge on any atom is 0.124 e. The van der Waals surface area contributed by atoms with Crippen LogP contribution in [0.4, 0.5) is 0 Å². The van der Waals surface area contributed by atoms with Gasteiger partial charge in [-0.3, -0.25) is 4.98 Å². The van der Waals surface area contributed by atoms with Crippen LogP contribution in [0, 0.1) is 27.7 Å². The minimum atomic E-state index is -0.768. The number of pyridine rings is 1. The lowest BCUT2D eigenvalue weighted by Crippen LogP contribution is -2.24. The molecule has 0 spiro atoms. The smallest absolute Gasteiger partial charge is 0.124 e. The van der Waals surface area contributed by atoms with Crippen LogP contribution in [-0.2, 0) is 0 Å². The summed E-state index contributed by atoms with van der Waals surface area (Å²) in [4.78, 5) is 4.70. The molecule has 3 rings (SSSR count). The first kappa shape index (κ1) is 19.4. The SMILES string of the molecule is COc1c(C)cc(P(c2cc(C)c(OC)c(C)c2)c2ccccn2)cc1C. The first-order valence-electron chi connectivity index (χ1n) is 8.98. The Morgan fingerprint density at radius 2 is 1.15 bits per heavy atom. The summed E-state index contributed by atoms with van der Waals surface area (Å²) >= 11 is 0. The Hall–Kier alpha value is -2.38. The zero-order valence-electron chi connectivity index (χ0n) is 16.8. The second-order valence-corrected chi connectivity index (χ2v) is 8.91. The highest BCUT2D eigenvalue weighted by molar-refractivity contribution is 7.79. The number of ether oxygens (including phenoxy) is 2. The van der Waals surface area contributed by atoms with E-state index in [1.54, 1.807) is 14.2 Å². The summed E-state index contributed by atoms with van der Waals surface area (Å²) in [7, 11) is 2.69. The summed E-state index contributed by atoms with van der Waals surface area (Å²) < 4.78 is 11.1. The van der Waals surface area contributed by atoms with Crippen LogP contribution >= 0.6 is 7.92 Å². The molecule has 4 heteroatoms. The summed E-state index contributed by atoms with van der Waals surface area (Å²) in [6.07, 6.45) is 1.87. The van der Waals surface area contributed by atoms with E-state index in [1.807, 2.05) is 12.3 Å². The molecular formula is C23H26NO2P. The normalized spacial score (nSPS) is 10.9. The molecule has 2 aromatic carbocycles. The zero-order valence-corrected chi connectivity index (χ0v) is 17.7. The average molecular weight is 379 g/mol. The van der Waals surface area contributed by atoms with Gasteiger partial charge in [0.15, 0.2) is 0 Å². The van der Waals surface area contributed by atoms with E-state index in [0.717, 1.165) is 39.2 Å². The molecule has 1 heterocycles. The molecule has 3 nitrogen and oxygen atoms in total. The maximum atomic E-state index is 5.57. The molecule has 0 saturated heterocycles. The Labute approximate surface area is 163 Å². The highest BCUT2D eigenvalue weighted by atomic mass is 31.1. The lowest BCUT2D eigenvalue weighted by atomic mass is 10.1. The number of aromatic nitrogens is 1. The predicted molar refractivity (Wildman–Crippen MR) is 115 cm³/mol. The van der Waals surface area contributed by atoms with Crippen molar-refractivity contribution in [3.8, 4) is 11.5 Å². The topological polar surface area (TPSA) is 31.4 Å². The minimum absolute atomic E-state index is 0.768. The van der Waals surface area contributed by atoms with Gasteiger partial charge in [0.2, 0.25) is 0 Å². The Kier molecular flexibility index (Phi) is 5.82. The van der Waals surface area contributed by atoms with Crippen molar-refractivity contribution in [3.63, 3.8) is 0 Å². The van der Waals surface area contributed by atoms with Gasteiger partial charge in [-0.1, -0.05) is 6.07 Å². The van der Waals surface area contributed by atoms with Crippen molar-refractivity contribution in [2.24, 2.45) is 0 Å². The van der Waals surface area contributed by atoms with Gasteiger partial charge in [0, 0.05) is 14.1 Å². The molecule has 0 bridgehead atoms. The quantitative estimate of drug-likeness (QED) is 0.626. The van der Waals surface area contributed by atoms with Crippen molar-refractivity contribution >= 4 is 24.0 Å². The maximum absolute atomic E-state index is 5.57. The first-order chi connectivity index (χ1) is 13.0. The average Bonchev–Trinajstić information content (AvgIpc) is 2.62. The predicted octanol–water partition coefficient (Wildman–Crippen LogP) is 4.09. The van der Waals surface area contributed by atoms with Crippen molar-refractivity contribution in [3.05, 3.63) is 70.9 Å². The summed E-state index contributed by atoms with van der Waals surface area (Å²) in [5, 5.41) is 2.56. The summed E-state index contributed by atoms with van der Waals surface area (Å²) in [5.74, 6) is 1.91. The Morgan fingerprint density at radius 1 is 0.704 bits per heavy atom. The van der Waals surface area contributed by atoms with Crippen LogP contribution in [0.1, 0.15) is 22.3 Å². The molecule has 1 aromatic heterocycles. The molecule has 140 valence electrons. The standard InChI is InChI=1S/C23H26NO2P/c1-15-11-19(12-16(2)22(15)25-5)27(21-9-7-8-10-24-21)20-13-17(3)23(26-6)18(4)14-20/h7-14H,1-6H3. The van der Waals surface area contributed by atoms with Gasteiger partial charge in [-0.25, -0.2) is 0 Å². The Balaban J connectivity index is 2.23. The molecule has 0 N–H and O–H groups in total. The highest BCUT2D eigenvalue weighted by Crippen LogP contribution is 2.37. The highest BCUT2D eigenvalue weighted by Gasteiger charge is 2.21. The molecule has 27 heavy (non-hydrogen) atoms. The summed E-state index contributed by atoms with van der Waals surface area (Å²) in [5.41, 5.74) is 5.70. The lowest BCUT2D eigenvalue weighted by molar-refractivity contribution is 0.408. The number of hydrogen-bond donors (Lipinski definition) is 0. The minimum Gasteiger partial charge on any atom is -0.496 e. The Morgan fingerprint density at radius 3 is 1.48 bits per heavy atom. The monoisotopic (exact) mass is 379 g/mol. The van der Waals surface area contributed by atoms with E-state index >= 15 is 0 Å². The molecule has 0 aliphatic heterocycles. The van der Waals surface area contributed by atoms with E-state index in [0.29, 0.717) is 0 Å². The van der Waals surface area contributed by atoms with Crippen molar-refractivity contribution in [1.29, 1.82) is 0 Å². The number of benzene rings is 2. The third-order valence-corrected chi connectivity index (χ3v) is 6.97. The second-order valence-electron chi connectivity index (χ2n) is 6.75. The van der Waals surface area contributed by atoms with E-state index in [1.165, 1.54) is 10.6 Å². The van der Waals surface area contributed by atoms with Crippen molar-refractivity contribution in [2.75, 3.05) is 14.2 Å². The fourth-order valence-electron chi connectivity index (χ4n) is 3.66. The van der Waals surface area contributed by atoms with E-state index in [4.69, 9.17) is 14.5 Å². The number of aryl methyl sites for hydroxylation is 4. The van der Waals surface area contributed by atoms with Gasteiger partial charge in [-0.2, -0.15) is 0 Å². The summed E-state index contributed by atoms with van der Waals surface area (Å²) in [6.45, 7) is 8.41. The van der Waals surface area contributed by atoms with Crippen LogP contribution in [-0.4, -0.2) is 19.2 Å². The largest absolute Gasteiger partial charge is 0.496 e. The fourth-order valence-corrected chi connectivity index (χ4v) is 6.19. The molecule has 0 atom stereocenters. The molecule has 0 fully saturated rings. The third kappa shape index (κ3) is 3.84. The molecule has 0 radical (unpaired) electrons. The lowest BCUT2D eigenvalue weighted by Gasteiger charge is -2.22. The number of methoxy groups -OCH3 is 2. The van der Waals surface area contributed by atoms with E-state index in [-0.39, 0.29) is 0 Å². The van der Waals surface area contributed by atoms with Crippen molar-refractivity contribution in [1.82, 2.24) is 4.98 Å². The molecule has 0 aliphatic rings. The molecule has 0 aliphatic carbocycles. The van der Waals surface area contributed by atoms with Crippen LogP contribution < -0.4 is 25.5 Å². The molecular weight excluding hydrogens is 353 g/mol. The van der Waals surface area contributed by atoms with Gasteiger partial charge in [0.05, 0.1) is 19.7 Å². The number of nitrogens with zero attached hydrogens (tertiary/aromatic N) is 1. The van der Waals surface area contributed by atoms with Gasteiger partial charge in [-0.05, 0) is 97.0 Å². The Bertz CT molecular complexity index is 848. The van der Waals surface area contributed by atoms with Gasteiger partial charge in [0.25, 0.3) is 0 Å². The van der Waals surface area contributed by atoms with Crippen LogP contribution in [0.3, 0.4) is 0 Å². The van der Waals surface area contributed by atoms with Gasteiger partial charge >= 0.3 is 0 Å². The number of hydrogen-bond acceptors (Lipinski definition) is 3. The molecule has 0 saturated carbocycles. The molecule has 0 unspecified atom stereocenters. The van der Waals surface area contributed by atoms with E-state index in [9.17, 15) is 0 Å². The van der Waals surface area contributed by atoms with E-state index in [2.05, 4.69) is 64.1 Å². The van der Waals surface area contributed by atoms with E-state index < -0.39 is 7.92 Å². The first-order valence-corrected chi connectivity index (χ1v) is 10.3. The second kappa shape index (κ2) is 8.10. The van der Waals surface area contributed by atoms with Crippen LogP contribution in [0.15, 0.2) is 48.7 Å². The van der Waals surface area contributed by atoms with Crippen LogP contribution in [0.5, 0.6) is 11.5 Å². The third-order valence-electron chi connectivity index (χ3n) is 4.69. The van der Waals surface area contributed by atoms with Crippen molar-refractivity contribution in [2.45, 2.75) is 27.7 Å². The fraction of sp³-hybridized carbons (Fsp3) is 0.261. The molecule has 3 aromatic rings. The molecule has 0 amide bonds. The summed E-state index contributed by atoms with van der Waals surface area (Å²) in [6, 6.07) is 15.1. The number of rotatable bonds is 5. The van der Waals surface area contributed by atoms with Gasteiger partial charge in [-0.15, -0.1) is 0 Å².